The summed E-state index contributed by atoms with van der Waals surface area (Å²) in [7, 11) is -1.11. The van der Waals surface area contributed by atoms with E-state index in [1.165, 1.54) is 0 Å². The van der Waals surface area contributed by atoms with E-state index in [2.05, 4.69) is 4.98 Å². The second-order valence-electron chi connectivity index (χ2n) is 5.65. The van der Waals surface area contributed by atoms with Crippen LogP contribution in [0, 0.1) is 6.92 Å². The van der Waals surface area contributed by atoms with Crippen LogP contribution < -0.4 is 10.2 Å². The minimum absolute atomic E-state index is 0.0545. The van der Waals surface area contributed by atoms with E-state index in [0.717, 1.165) is 11.1 Å². The Morgan fingerprint density at radius 1 is 1.33 bits per heavy atom. The smallest absolute Gasteiger partial charge is 0.466 e. The van der Waals surface area contributed by atoms with Crippen molar-refractivity contribution in [2.24, 2.45) is 0 Å². The maximum absolute atomic E-state index is 11.7. The predicted molar refractivity (Wildman–Crippen MR) is 105 cm³/mol. The van der Waals surface area contributed by atoms with E-state index in [0.29, 0.717) is 28.7 Å². The molecule has 1 atom stereocenters. The summed E-state index contributed by atoms with van der Waals surface area (Å²) in [4.78, 5) is 15.6. The number of hydrogen-bond acceptors (Lipinski definition) is 6. The number of pyridine rings is 1. The average Bonchev–Trinajstić information content (AvgIpc) is 2.93. The molecule has 6 nitrogen and oxygen atoms in total. The number of carbonyl (C=O) groups excluding carboxylic acids is 1. The lowest BCUT2D eigenvalue weighted by Gasteiger charge is -2.14. The number of aryl methyl sites for hydroxylation is 1. The standard InChI is InChI=1S/C17H17BClNO5.C2H6/c1-3-23-16(21)9-14-17-10(2)6-12(7-13(17)18(22)25-14)24-11-4-5-20-15(19)8-11;1-2/h4-8,14,22H,3,9H2,1-2H3;1-2H3. The third-order valence-corrected chi connectivity index (χ3v) is 4.07. The Balaban J connectivity index is 0.00000126. The van der Waals surface area contributed by atoms with E-state index < -0.39 is 13.2 Å². The van der Waals surface area contributed by atoms with Gasteiger partial charge in [0.15, 0.2) is 0 Å². The molecule has 0 radical (unpaired) electrons. The van der Waals surface area contributed by atoms with Crippen molar-refractivity contribution in [3.05, 3.63) is 46.7 Å². The van der Waals surface area contributed by atoms with Gasteiger partial charge in [-0.2, -0.15) is 0 Å². The molecule has 0 amide bonds. The largest absolute Gasteiger partial charge is 0.492 e. The molecule has 1 aliphatic rings. The van der Waals surface area contributed by atoms with Crippen molar-refractivity contribution in [2.45, 2.75) is 40.2 Å². The number of nitrogens with zero attached hydrogens (tertiary/aromatic N) is 1. The van der Waals surface area contributed by atoms with E-state index >= 15 is 0 Å². The summed E-state index contributed by atoms with van der Waals surface area (Å²) in [5, 5.41) is 10.5. The van der Waals surface area contributed by atoms with Crippen molar-refractivity contribution >= 4 is 30.2 Å². The van der Waals surface area contributed by atoms with Crippen LogP contribution >= 0.6 is 11.6 Å². The van der Waals surface area contributed by atoms with Gasteiger partial charge in [0.05, 0.1) is 19.1 Å². The highest BCUT2D eigenvalue weighted by Crippen LogP contribution is 2.33. The number of esters is 1. The van der Waals surface area contributed by atoms with Crippen LogP contribution in [-0.2, 0) is 14.2 Å². The number of fused-ring (bicyclic) bond motifs is 1. The van der Waals surface area contributed by atoms with E-state index in [1.54, 1.807) is 31.3 Å². The molecule has 144 valence electrons. The lowest BCUT2D eigenvalue weighted by molar-refractivity contribution is -0.145. The molecule has 0 spiro atoms. The van der Waals surface area contributed by atoms with Gasteiger partial charge < -0.3 is 19.2 Å². The highest BCUT2D eigenvalue weighted by Gasteiger charge is 2.38. The highest BCUT2D eigenvalue weighted by molar-refractivity contribution is 6.62. The quantitative estimate of drug-likeness (QED) is 0.477. The SMILES string of the molecule is CC.CCOC(=O)CC1OB(O)c2cc(Oc3ccnc(Cl)c3)cc(C)c21. The molecule has 0 saturated carbocycles. The first-order chi connectivity index (χ1) is 13.0. The number of aromatic nitrogens is 1. The van der Waals surface area contributed by atoms with Crippen molar-refractivity contribution in [1.82, 2.24) is 4.98 Å². The predicted octanol–water partition coefficient (Wildman–Crippen LogP) is 3.57. The molecule has 3 rings (SSSR count). The zero-order valence-corrected chi connectivity index (χ0v) is 16.6. The zero-order valence-electron chi connectivity index (χ0n) is 15.9. The zero-order chi connectivity index (χ0) is 20.0. The van der Waals surface area contributed by atoms with Crippen molar-refractivity contribution in [2.75, 3.05) is 6.61 Å². The molecule has 1 unspecified atom stereocenters. The van der Waals surface area contributed by atoms with Gasteiger partial charge in [0.1, 0.15) is 16.7 Å². The Bertz CT molecular complexity index is 802. The first-order valence-corrected chi connectivity index (χ1v) is 9.28. The molecule has 0 bridgehead atoms. The number of benzene rings is 1. The van der Waals surface area contributed by atoms with Gasteiger partial charge in [-0.3, -0.25) is 4.79 Å². The minimum atomic E-state index is -1.11. The summed E-state index contributed by atoms with van der Waals surface area (Å²) in [5.74, 6) is 0.715. The maximum Gasteiger partial charge on any atom is 0.492 e. The molecule has 1 N–H and O–H groups in total. The molecule has 8 heteroatoms. The summed E-state index contributed by atoms with van der Waals surface area (Å²) in [6, 6.07) is 6.81. The van der Waals surface area contributed by atoms with Crippen LogP contribution in [0.4, 0.5) is 0 Å². The molecular weight excluding hydrogens is 368 g/mol. The maximum atomic E-state index is 11.7. The summed E-state index contributed by atoms with van der Waals surface area (Å²) in [6.45, 7) is 7.93. The van der Waals surface area contributed by atoms with Crippen molar-refractivity contribution in [1.29, 1.82) is 0 Å². The number of rotatable bonds is 5. The third kappa shape index (κ3) is 5.22. The Labute approximate surface area is 164 Å². The molecular formula is C19H23BClNO5. The average molecular weight is 392 g/mol. The van der Waals surface area contributed by atoms with Gasteiger partial charge in [0.25, 0.3) is 0 Å². The fourth-order valence-corrected chi connectivity index (χ4v) is 3.06. The van der Waals surface area contributed by atoms with Crippen LogP contribution in [0.3, 0.4) is 0 Å². The Morgan fingerprint density at radius 2 is 2.07 bits per heavy atom. The van der Waals surface area contributed by atoms with E-state index in [1.807, 2.05) is 26.8 Å². The molecule has 1 aromatic carbocycles. The molecule has 27 heavy (non-hydrogen) atoms. The van der Waals surface area contributed by atoms with Gasteiger partial charge in [-0.05, 0) is 48.6 Å². The fraction of sp³-hybridized carbons (Fsp3) is 0.368. The first-order valence-electron chi connectivity index (χ1n) is 8.91. The molecule has 0 aliphatic carbocycles. The molecule has 2 aromatic rings. The van der Waals surface area contributed by atoms with Crippen LogP contribution in [0.5, 0.6) is 11.5 Å². The summed E-state index contributed by atoms with van der Waals surface area (Å²) >= 11 is 5.86. The van der Waals surface area contributed by atoms with Crippen LogP contribution in [0.15, 0.2) is 30.5 Å². The summed E-state index contributed by atoms with van der Waals surface area (Å²) in [6.07, 6.45) is 1.07. The molecule has 2 heterocycles. The Morgan fingerprint density at radius 3 is 2.74 bits per heavy atom. The lowest BCUT2D eigenvalue weighted by Crippen LogP contribution is -2.28. The second-order valence-corrected chi connectivity index (χ2v) is 6.03. The van der Waals surface area contributed by atoms with Gasteiger partial charge in [0, 0.05) is 12.3 Å². The van der Waals surface area contributed by atoms with Gasteiger partial charge in [-0.1, -0.05) is 25.4 Å². The number of carbonyl (C=O) groups is 1. The fourth-order valence-electron chi connectivity index (χ4n) is 2.90. The number of halogens is 1. The van der Waals surface area contributed by atoms with Gasteiger partial charge in [0.2, 0.25) is 0 Å². The molecule has 0 fully saturated rings. The number of ether oxygens (including phenoxy) is 2. The normalized spacial score (nSPS) is 14.9. The minimum Gasteiger partial charge on any atom is -0.466 e. The van der Waals surface area contributed by atoms with Crippen molar-refractivity contribution < 1.29 is 23.9 Å². The summed E-state index contributed by atoms with van der Waals surface area (Å²) in [5.41, 5.74) is 2.24. The Hall–Kier alpha value is -2.09. The molecule has 0 saturated heterocycles. The highest BCUT2D eigenvalue weighted by atomic mass is 35.5. The van der Waals surface area contributed by atoms with Crippen molar-refractivity contribution in [3.63, 3.8) is 0 Å². The van der Waals surface area contributed by atoms with Crippen LogP contribution in [0.1, 0.15) is 44.4 Å². The second kappa shape index (κ2) is 9.74. The Kier molecular flexibility index (Phi) is 7.65. The van der Waals surface area contributed by atoms with E-state index in [-0.39, 0.29) is 12.4 Å². The van der Waals surface area contributed by atoms with Gasteiger partial charge in [-0.25, -0.2) is 4.98 Å². The summed E-state index contributed by atoms with van der Waals surface area (Å²) < 4.78 is 16.3. The van der Waals surface area contributed by atoms with Gasteiger partial charge >= 0.3 is 13.1 Å². The van der Waals surface area contributed by atoms with Gasteiger partial charge in [-0.15, -0.1) is 0 Å². The first kappa shape index (κ1) is 21.2. The van der Waals surface area contributed by atoms with Crippen LogP contribution in [0.2, 0.25) is 5.15 Å². The monoisotopic (exact) mass is 391 g/mol. The van der Waals surface area contributed by atoms with Crippen molar-refractivity contribution in [3.8, 4) is 11.5 Å². The van der Waals surface area contributed by atoms with E-state index in [4.69, 9.17) is 25.7 Å². The van der Waals surface area contributed by atoms with E-state index in [9.17, 15) is 9.82 Å². The van der Waals surface area contributed by atoms with Crippen LogP contribution in [-0.4, -0.2) is 29.7 Å². The lowest BCUT2D eigenvalue weighted by atomic mass is 9.77. The van der Waals surface area contributed by atoms with Crippen LogP contribution in [0.25, 0.3) is 0 Å². The molecule has 1 aromatic heterocycles. The molecule has 1 aliphatic heterocycles. The number of hydrogen-bond donors (Lipinski definition) is 1. The topological polar surface area (TPSA) is 77.9 Å². The third-order valence-electron chi connectivity index (χ3n) is 3.86.